The van der Waals surface area contributed by atoms with Crippen LogP contribution in [0.15, 0.2) is 77.4 Å². The van der Waals surface area contributed by atoms with Crippen molar-refractivity contribution in [2.24, 2.45) is 0 Å². The van der Waals surface area contributed by atoms with Crippen molar-refractivity contribution < 1.29 is 23.5 Å². The number of hydrogen-bond donors (Lipinski definition) is 1. The van der Waals surface area contributed by atoms with Gasteiger partial charge < -0.3 is 19.7 Å². The highest BCUT2D eigenvalue weighted by atomic mass is 79.9. The number of carbonyl (C=O) groups excluding carboxylic acids is 2. The predicted molar refractivity (Wildman–Crippen MR) is 143 cm³/mol. The van der Waals surface area contributed by atoms with Crippen LogP contribution in [0, 0.1) is 5.82 Å². The summed E-state index contributed by atoms with van der Waals surface area (Å²) in [4.78, 5) is 25.3. The van der Waals surface area contributed by atoms with Gasteiger partial charge in [-0.2, -0.15) is 5.10 Å². The Balaban J connectivity index is 1.46. The van der Waals surface area contributed by atoms with Crippen molar-refractivity contribution in [3.63, 3.8) is 0 Å². The Kier molecular flexibility index (Phi) is 7.52. The summed E-state index contributed by atoms with van der Waals surface area (Å²) in [7, 11) is 1.74. The molecular formula is C28H24BrFN4O4. The molecule has 0 spiro atoms. The lowest BCUT2D eigenvalue weighted by Crippen LogP contribution is -2.30. The molecule has 1 fully saturated rings. The zero-order chi connectivity index (χ0) is 26.6. The molecule has 1 atom stereocenters. The minimum Gasteiger partial charge on any atom is -0.427 e. The van der Waals surface area contributed by atoms with Crippen LogP contribution in [0.4, 0.5) is 10.1 Å². The lowest BCUT2D eigenvalue weighted by Gasteiger charge is -2.23. The molecule has 5 rings (SSSR count). The summed E-state index contributed by atoms with van der Waals surface area (Å²) in [6.07, 6.45) is 1.74. The molecule has 4 aromatic rings. The van der Waals surface area contributed by atoms with E-state index >= 15 is 0 Å². The average Bonchev–Trinajstić information content (AvgIpc) is 3.52. The van der Waals surface area contributed by atoms with Crippen LogP contribution in [0.2, 0.25) is 0 Å². The summed E-state index contributed by atoms with van der Waals surface area (Å²) < 4.78 is 27.3. The van der Waals surface area contributed by atoms with Gasteiger partial charge in [0.05, 0.1) is 11.4 Å². The number of hydrogen-bond acceptors (Lipinski definition) is 6. The first-order valence-corrected chi connectivity index (χ1v) is 12.7. The Morgan fingerprint density at radius 2 is 1.92 bits per heavy atom. The minimum absolute atomic E-state index is 0.0507. The highest BCUT2D eigenvalue weighted by molar-refractivity contribution is 9.10. The van der Waals surface area contributed by atoms with E-state index in [1.807, 2.05) is 42.6 Å². The van der Waals surface area contributed by atoms with E-state index in [4.69, 9.17) is 14.6 Å². The molecule has 194 valence electrons. The van der Waals surface area contributed by atoms with Gasteiger partial charge in [0.1, 0.15) is 18.1 Å². The lowest BCUT2D eigenvalue weighted by molar-refractivity contribution is -0.128. The molecule has 1 aromatic heterocycles. The number of anilines is 1. The van der Waals surface area contributed by atoms with Crippen LogP contribution in [0.3, 0.4) is 0 Å². The SMILES string of the molecule is CNc1cc(CCN2C(=O)COC2c2cn(-c3ccc(Br)cc3)nc2-c2ccc(F)cc2)ccc1OC=O. The molecule has 8 nitrogen and oxygen atoms in total. The van der Waals surface area contributed by atoms with Gasteiger partial charge in [-0.15, -0.1) is 0 Å². The number of carbonyl (C=O) groups is 2. The Hall–Kier alpha value is -4.02. The molecular weight excluding hydrogens is 555 g/mol. The number of ether oxygens (including phenoxy) is 2. The summed E-state index contributed by atoms with van der Waals surface area (Å²) >= 11 is 3.45. The van der Waals surface area contributed by atoms with E-state index in [0.717, 1.165) is 15.7 Å². The zero-order valence-corrected chi connectivity index (χ0v) is 22.0. The molecule has 0 bridgehead atoms. The van der Waals surface area contributed by atoms with Crippen molar-refractivity contribution >= 4 is 34.0 Å². The zero-order valence-electron chi connectivity index (χ0n) is 20.4. The topological polar surface area (TPSA) is 85.7 Å². The summed E-state index contributed by atoms with van der Waals surface area (Å²) in [5, 5.41) is 7.81. The maximum atomic E-state index is 13.7. The second-order valence-electron chi connectivity index (χ2n) is 8.66. The third-order valence-corrected chi connectivity index (χ3v) is 6.84. The Bertz CT molecular complexity index is 1460. The van der Waals surface area contributed by atoms with Crippen molar-refractivity contribution in [3.8, 4) is 22.7 Å². The molecule has 0 aliphatic carbocycles. The van der Waals surface area contributed by atoms with Crippen LogP contribution in [-0.2, 0) is 20.7 Å². The van der Waals surface area contributed by atoms with E-state index in [9.17, 15) is 14.0 Å². The number of nitrogens with one attached hydrogen (secondary N) is 1. The van der Waals surface area contributed by atoms with E-state index in [0.29, 0.717) is 47.7 Å². The maximum absolute atomic E-state index is 13.7. The molecule has 3 aromatic carbocycles. The standard InChI is InChI=1S/C28H24BrFN4O4/c1-31-24-14-18(2-11-25(24)38-17-35)12-13-33-26(36)16-37-28(33)23-15-34(22-9-5-20(29)6-10-22)32-27(23)19-3-7-21(30)8-4-19/h2-11,14-15,17,28,31H,12-13,16H2,1H3. The molecule has 1 N–H and O–H groups in total. The third kappa shape index (κ3) is 5.32. The molecule has 1 unspecified atom stereocenters. The fourth-order valence-electron chi connectivity index (χ4n) is 4.41. The predicted octanol–water partition coefficient (Wildman–Crippen LogP) is 5.12. The molecule has 38 heavy (non-hydrogen) atoms. The molecule has 0 radical (unpaired) electrons. The summed E-state index contributed by atoms with van der Waals surface area (Å²) in [5.41, 5.74) is 4.47. The average molecular weight is 579 g/mol. The highest BCUT2D eigenvalue weighted by Crippen LogP contribution is 2.36. The molecule has 0 saturated carbocycles. The van der Waals surface area contributed by atoms with E-state index < -0.39 is 6.23 Å². The number of nitrogens with zero attached hydrogens (tertiary/aromatic N) is 3. The summed E-state index contributed by atoms with van der Waals surface area (Å²) in [6, 6.07) is 19.2. The van der Waals surface area contributed by atoms with E-state index in [1.165, 1.54) is 12.1 Å². The lowest BCUT2D eigenvalue weighted by atomic mass is 10.1. The maximum Gasteiger partial charge on any atom is 0.298 e. The van der Waals surface area contributed by atoms with E-state index in [-0.39, 0.29) is 18.3 Å². The molecule has 1 aliphatic rings. The number of halogens is 2. The first-order chi connectivity index (χ1) is 18.5. The van der Waals surface area contributed by atoms with Crippen LogP contribution in [0.1, 0.15) is 17.4 Å². The van der Waals surface area contributed by atoms with Crippen LogP contribution < -0.4 is 10.1 Å². The normalized spacial score (nSPS) is 15.1. The number of aromatic nitrogens is 2. The van der Waals surface area contributed by atoms with Gasteiger partial charge in [-0.25, -0.2) is 9.07 Å². The van der Waals surface area contributed by atoms with Crippen molar-refractivity contribution in [1.82, 2.24) is 14.7 Å². The van der Waals surface area contributed by atoms with Gasteiger partial charge in [-0.1, -0.05) is 22.0 Å². The quantitative estimate of drug-likeness (QED) is 0.277. The molecule has 2 heterocycles. The van der Waals surface area contributed by atoms with Crippen molar-refractivity contribution in [2.75, 3.05) is 25.5 Å². The van der Waals surface area contributed by atoms with Gasteiger partial charge in [0.25, 0.3) is 12.4 Å². The first kappa shape index (κ1) is 25.6. The highest BCUT2D eigenvalue weighted by Gasteiger charge is 2.36. The van der Waals surface area contributed by atoms with E-state index in [1.54, 1.807) is 34.8 Å². The third-order valence-electron chi connectivity index (χ3n) is 6.32. The van der Waals surface area contributed by atoms with Crippen molar-refractivity contribution in [3.05, 3.63) is 94.3 Å². The smallest absolute Gasteiger partial charge is 0.298 e. The number of rotatable bonds is 9. The second-order valence-corrected chi connectivity index (χ2v) is 9.57. The summed E-state index contributed by atoms with van der Waals surface area (Å²) in [6.45, 7) is 0.728. The van der Waals surface area contributed by atoms with Crippen LogP contribution in [0.5, 0.6) is 5.75 Å². The Morgan fingerprint density at radius 3 is 2.63 bits per heavy atom. The molecule has 1 aliphatic heterocycles. The molecule has 1 saturated heterocycles. The van der Waals surface area contributed by atoms with E-state index in [2.05, 4.69) is 21.2 Å². The van der Waals surface area contributed by atoms with Gasteiger partial charge in [-0.05, 0) is 72.6 Å². The largest absolute Gasteiger partial charge is 0.427 e. The van der Waals surface area contributed by atoms with Gasteiger partial charge in [0, 0.05) is 35.4 Å². The van der Waals surface area contributed by atoms with Gasteiger partial charge in [-0.3, -0.25) is 9.59 Å². The Morgan fingerprint density at radius 1 is 1.16 bits per heavy atom. The minimum atomic E-state index is -0.659. The second kappa shape index (κ2) is 11.2. The first-order valence-electron chi connectivity index (χ1n) is 11.9. The molecule has 10 heteroatoms. The van der Waals surface area contributed by atoms with Crippen LogP contribution in [0.25, 0.3) is 16.9 Å². The van der Waals surface area contributed by atoms with Gasteiger partial charge >= 0.3 is 0 Å². The van der Waals surface area contributed by atoms with Gasteiger partial charge in [0.2, 0.25) is 0 Å². The fourth-order valence-corrected chi connectivity index (χ4v) is 4.68. The molecule has 1 amide bonds. The van der Waals surface area contributed by atoms with Crippen molar-refractivity contribution in [2.45, 2.75) is 12.6 Å². The van der Waals surface area contributed by atoms with Crippen molar-refractivity contribution in [1.29, 1.82) is 0 Å². The number of benzene rings is 3. The van der Waals surface area contributed by atoms with Gasteiger partial charge in [0.15, 0.2) is 12.0 Å². The monoisotopic (exact) mass is 578 g/mol. The fraction of sp³-hybridized carbons (Fsp3) is 0.179. The summed E-state index contributed by atoms with van der Waals surface area (Å²) in [5.74, 6) is -0.0535. The number of amides is 1. The van der Waals surface area contributed by atoms with Crippen LogP contribution in [-0.4, -0.2) is 47.3 Å². The Labute approximate surface area is 227 Å². The van der Waals surface area contributed by atoms with Crippen LogP contribution >= 0.6 is 15.9 Å².